The zero-order valence-electron chi connectivity index (χ0n) is 32.9. The summed E-state index contributed by atoms with van der Waals surface area (Å²) in [6.07, 6.45) is 0. The number of hydrogen-bond donors (Lipinski definition) is 0. The van der Waals surface area contributed by atoms with Crippen molar-refractivity contribution >= 4 is 21.7 Å². The number of nitrogens with zero attached hydrogens (tertiary/aromatic N) is 3. The first-order valence-electron chi connectivity index (χ1n) is 20.3. The van der Waals surface area contributed by atoms with Crippen molar-refractivity contribution in [2.24, 2.45) is 0 Å². The Balaban J connectivity index is 1.04. The van der Waals surface area contributed by atoms with Gasteiger partial charge in [-0.15, -0.1) is 0 Å². The van der Waals surface area contributed by atoms with Crippen molar-refractivity contribution < 1.29 is 0 Å². The lowest BCUT2D eigenvalue weighted by molar-refractivity contribution is 0.661. The Kier molecular flexibility index (Phi) is 8.16. The fourth-order valence-corrected chi connectivity index (χ4v) is 9.07. The van der Waals surface area contributed by atoms with Crippen LogP contribution >= 0.6 is 0 Å². The van der Waals surface area contributed by atoms with Crippen LogP contribution in [0.1, 0.15) is 25.0 Å². The van der Waals surface area contributed by atoms with Crippen molar-refractivity contribution in [3.63, 3.8) is 0 Å². The third kappa shape index (κ3) is 5.94. The Morgan fingerprint density at radius 2 is 0.797 bits per heavy atom. The Hall–Kier alpha value is -7.49. The molecule has 10 aromatic rings. The topological polar surface area (TPSA) is 38.7 Å². The van der Waals surface area contributed by atoms with Gasteiger partial charge in [0.15, 0.2) is 5.82 Å². The summed E-state index contributed by atoms with van der Waals surface area (Å²) < 4.78 is 0. The maximum atomic E-state index is 5.30. The molecule has 0 spiro atoms. The zero-order valence-corrected chi connectivity index (χ0v) is 32.9. The minimum Gasteiger partial charge on any atom is -0.248 e. The van der Waals surface area contributed by atoms with Gasteiger partial charge in [0.05, 0.1) is 22.6 Å². The summed E-state index contributed by atoms with van der Waals surface area (Å²) in [6.45, 7) is 4.66. The molecule has 0 fully saturated rings. The van der Waals surface area contributed by atoms with Crippen LogP contribution in [0.15, 0.2) is 200 Å². The van der Waals surface area contributed by atoms with E-state index in [0.29, 0.717) is 5.82 Å². The average Bonchev–Trinajstić information content (AvgIpc) is 3.53. The Morgan fingerprint density at radius 1 is 0.305 bits per heavy atom. The van der Waals surface area contributed by atoms with Crippen LogP contribution in [0.2, 0.25) is 0 Å². The molecule has 0 aliphatic heterocycles. The molecule has 0 saturated carbocycles. The van der Waals surface area contributed by atoms with Crippen molar-refractivity contribution in [2.75, 3.05) is 0 Å². The average molecular weight is 754 g/mol. The fourth-order valence-electron chi connectivity index (χ4n) is 9.07. The molecule has 0 amide bonds. The van der Waals surface area contributed by atoms with Crippen molar-refractivity contribution in [2.45, 2.75) is 19.3 Å². The van der Waals surface area contributed by atoms with E-state index in [1.54, 1.807) is 0 Å². The first kappa shape index (κ1) is 34.7. The van der Waals surface area contributed by atoms with E-state index < -0.39 is 0 Å². The van der Waals surface area contributed by atoms with E-state index in [2.05, 4.69) is 202 Å². The van der Waals surface area contributed by atoms with Crippen molar-refractivity contribution in [3.05, 3.63) is 211 Å². The van der Waals surface area contributed by atoms with Crippen LogP contribution in [-0.4, -0.2) is 15.0 Å². The van der Waals surface area contributed by atoms with E-state index in [-0.39, 0.29) is 5.41 Å². The molecule has 278 valence electrons. The van der Waals surface area contributed by atoms with E-state index >= 15 is 0 Å². The molecule has 3 heteroatoms. The second-order valence-corrected chi connectivity index (χ2v) is 16.0. The monoisotopic (exact) mass is 753 g/mol. The zero-order chi connectivity index (χ0) is 39.5. The fraction of sp³-hybridized carbons (Fsp3) is 0.0536. The molecule has 2 aromatic heterocycles. The predicted octanol–water partition coefficient (Wildman–Crippen LogP) is 14.5. The SMILES string of the molecule is CC1(C)c2ccccc2-c2cc3c(-c4ccc(-c5ccc(-c6nc(-c7ccccc7)cc(-c7ccccc7)n6)c6ccccc56)cc4)cc(-c4ccccc4)nc3cc21. The summed E-state index contributed by atoms with van der Waals surface area (Å²) in [5.74, 6) is 0.708. The Morgan fingerprint density at radius 3 is 1.41 bits per heavy atom. The molecule has 0 atom stereocenters. The number of benzene rings is 8. The second kappa shape index (κ2) is 13.9. The molecule has 59 heavy (non-hydrogen) atoms. The molecule has 3 nitrogen and oxygen atoms in total. The normalized spacial score (nSPS) is 12.7. The third-order valence-electron chi connectivity index (χ3n) is 12.1. The molecule has 0 bridgehead atoms. The van der Waals surface area contributed by atoms with Gasteiger partial charge < -0.3 is 0 Å². The lowest BCUT2D eigenvalue weighted by Gasteiger charge is -2.22. The van der Waals surface area contributed by atoms with E-state index in [1.807, 2.05) is 12.1 Å². The van der Waals surface area contributed by atoms with E-state index in [1.165, 1.54) is 33.4 Å². The summed E-state index contributed by atoms with van der Waals surface area (Å²) in [5.41, 5.74) is 17.9. The van der Waals surface area contributed by atoms with Crippen LogP contribution in [0.4, 0.5) is 0 Å². The highest BCUT2D eigenvalue weighted by atomic mass is 14.9. The van der Waals surface area contributed by atoms with E-state index in [9.17, 15) is 0 Å². The van der Waals surface area contributed by atoms with Gasteiger partial charge in [-0.3, -0.25) is 0 Å². The highest BCUT2D eigenvalue weighted by Crippen LogP contribution is 2.50. The Bertz CT molecular complexity index is 3150. The van der Waals surface area contributed by atoms with Gasteiger partial charge in [-0.25, -0.2) is 15.0 Å². The van der Waals surface area contributed by atoms with Crippen LogP contribution in [0.25, 0.3) is 100 Å². The van der Waals surface area contributed by atoms with E-state index in [4.69, 9.17) is 15.0 Å². The maximum absolute atomic E-state index is 5.30. The highest BCUT2D eigenvalue weighted by Gasteiger charge is 2.35. The summed E-state index contributed by atoms with van der Waals surface area (Å²) in [5, 5.41) is 3.43. The number of fused-ring (bicyclic) bond motifs is 5. The molecule has 8 aromatic carbocycles. The van der Waals surface area contributed by atoms with Crippen LogP contribution in [-0.2, 0) is 5.41 Å². The van der Waals surface area contributed by atoms with Crippen LogP contribution in [0.3, 0.4) is 0 Å². The van der Waals surface area contributed by atoms with Crippen molar-refractivity contribution in [3.8, 4) is 78.5 Å². The molecular weight excluding hydrogens is 715 g/mol. The molecular formula is C56H39N3. The molecule has 0 radical (unpaired) electrons. The number of rotatable bonds is 6. The maximum Gasteiger partial charge on any atom is 0.161 e. The standard InChI is InChI=1S/C56H39N3/c1-56(2)49-25-15-14-24-44(49)47-32-48-46(33-51(38-16-6-3-7-17-38)57-54(48)34-50(47)56)37-28-26-36(27-29-37)41-30-31-45(43-23-13-12-22-42(41)43)55-58-52(39-18-8-4-9-19-39)35-53(59-55)40-20-10-5-11-21-40/h3-35H,1-2H3. The van der Waals surface area contributed by atoms with E-state index in [0.717, 1.165) is 72.1 Å². The van der Waals surface area contributed by atoms with Gasteiger partial charge in [0.25, 0.3) is 0 Å². The second-order valence-electron chi connectivity index (χ2n) is 16.0. The predicted molar refractivity (Wildman–Crippen MR) is 245 cm³/mol. The smallest absolute Gasteiger partial charge is 0.161 e. The molecule has 1 aliphatic rings. The van der Waals surface area contributed by atoms with Gasteiger partial charge in [0.2, 0.25) is 0 Å². The van der Waals surface area contributed by atoms with Crippen LogP contribution in [0, 0.1) is 0 Å². The quantitative estimate of drug-likeness (QED) is 0.170. The summed E-state index contributed by atoms with van der Waals surface area (Å²) >= 11 is 0. The molecule has 2 heterocycles. The minimum atomic E-state index is -0.105. The first-order valence-corrected chi connectivity index (χ1v) is 20.3. The molecule has 0 N–H and O–H groups in total. The summed E-state index contributed by atoms with van der Waals surface area (Å²) in [6, 6.07) is 71.3. The van der Waals surface area contributed by atoms with Gasteiger partial charge in [-0.1, -0.05) is 184 Å². The third-order valence-corrected chi connectivity index (χ3v) is 12.1. The number of pyridine rings is 1. The molecule has 0 saturated heterocycles. The summed E-state index contributed by atoms with van der Waals surface area (Å²) in [4.78, 5) is 15.7. The van der Waals surface area contributed by atoms with Gasteiger partial charge in [-0.2, -0.15) is 0 Å². The van der Waals surface area contributed by atoms with Crippen molar-refractivity contribution in [1.82, 2.24) is 15.0 Å². The van der Waals surface area contributed by atoms with Gasteiger partial charge in [-0.05, 0) is 85.6 Å². The van der Waals surface area contributed by atoms with Gasteiger partial charge >= 0.3 is 0 Å². The van der Waals surface area contributed by atoms with Crippen LogP contribution in [0.5, 0.6) is 0 Å². The molecule has 1 aliphatic carbocycles. The number of hydrogen-bond acceptors (Lipinski definition) is 3. The van der Waals surface area contributed by atoms with Gasteiger partial charge in [0, 0.05) is 33.1 Å². The molecule has 11 rings (SSSR count). The molecule has 0 unspecified atom stereocenters. The van der Waals surface area contributed by atoms with Crippen LogP contribution < -0.4 is 0 Å². The lowest BCUT2D eigenvalue weighted by Crippen LogP contribution is -2.14. The van der Waals surface area contributed by atoms with Crippen molar-refractivity contribution in [1.29, 1.82) is 0 Å². The lowest BCUT2D eigenvalue weighted by atomic mass is 9.82. The largest absolute Gasteiger partial charge is 0.248 e. The first-order chi connectivity index (χ1) is 29.0. The highest BCUT2D eigenvalue weighted by molar-refractivity contribution is 6.05. The summed E-state index contributed by atoms with van der Waals surface area (Å²) in [7, 11) is 0. The van der Waals surface area contributed by atoms with Gasteiger partial charge in [0.1, 0.15) is 0 Å². The minimum absolute atomic E-state index is 0.105. The Labute approximate surface area is 344 Å². The number of aromatic nitrogens is 3.